The first-order valence-electron chi connectivity index (χ1n) is 3.80. The third-order valence-corrected chi connectivity index (χ3v) is 1.62. The summed E-state index contributed by atoms with van der Waals surface area (Å²) in [5, 5.41) is 0. The number of ether oxygens (including phenoxy) is 1. The topological polar surface area (TPSA) is 9.23 Å². The van der Waals surface area contributed by atoms with Crippen LogP contribution < -0.4 is 0 Å². The fourth-order valence-electron chi connectivity index (χ4n) is 0.617. The van der Waals surface area contributed by atoms with Crippen molar-refractivity contribution >= 4 is 9.24 Å². The second kappa shape index (κ2) is 9.13. The molecular formula is C8H17OP. The Bertz CT molecular complexity index is 73.7. The molecule has 1 unspecified atom stereocenters. The Balaban J connectivity index is 2.70. The highest BCUT2D eigenvalue weighted by Gasteiger charge is 1.85. The maximum absolute atomic E-state index is 5.30. The Hall–Kier alpha value is 0.130. The number of hydrogen-bond donors (Lipinski definition) is 0. The molecule has 0 aliphatic carbocycles. The molecule has 0 aromatic heterocycles. The molecule has 0 bridgehead atoms. The van der Waals surface area contributed by atoms with Crippen LogP contribution in [0.3, 0.4) is 0 Å². The summed E-state index contributed by atoms with van der Waals surface area (Å²) >= 11 is 0. The van der Waals surface area contributed by atoms with E-state index < -0.39 is 0 Å². The first-order valence-corrected chi connectivity index (χ1v) is 4.62. The number of unbranched alkanes of at least 4 members (excludes halogenated alkanes) is 1. The van der Waals surface area contributed by atoms with Crippen molar-refractivity contribution in [2.45, 2.75) is 19.3 Å². The van der Waals surface area contributed by atoms with E-state index in [0.29, 0.717) is 0 Å². The molecule has 0 radical (unpaired) electrons. The first kappa shape index (κ1) is 10.1. The van der Waals surface area contributed by atoms with Crippen molar-refractivity contribution in [1.82, 2.24) is 0 Å². The summed E-state index contributed by atoms with van der Waals surface area (Å²) < 4.78 is 5.30. The fraction of sp³-hybridized carbons (Fsp3) is 0.750. The Kier molecular flexibility index (Phi) is 9.25. The van der Waals surface area contributed by atoms with E-state index in [-0.39, 0.29) is 0 Å². The molecular weight excluding hydrogens is 143 g/mol. The van der Waals surface area contributed by atoms with Crippen LogP contribution in [0.4, 0.5) is 0 Å². The number of rotatable bonds is 7. The minimum atomic E-state index is 0.834. The molecule has 0 spiro atoms. The molecule has 1 nitrogen and oxygen atoms in total. The smallest absolute Gasteiger partial charge is 0.0500 e. The van der Waals surface area contributed by atoms with Crippen molar-refractivity contribution in [2.24, 2.45) is 0 Å². The first-order chi connectivity index (χ1) is 4.91. The van der Waals surface area contributed by atoms with Crippen LogP contribution in [0.25, 0.3) is 0 Å². The predicted octanol–water partition coefficient (Wildman–Crippen LogP) is 2.23. The summed E-state index contributed by atoms with van der Waals surface area (Å²) in [5.74, 6) is 0. The van der Waals surface area contributed by atoms with E-state index in [1.807, 2.05) is 6.08 Å². The van der Waals surface area contributed by atoms with Crippen molar-refractivity contribution in [3.63, 3.8) is 0 Å². The summed E-state index contributed by atoms with van der Waals surface area (Å²) in [5.41, 5.74) is 0. The van der Waals surface area contributed by atoms with Gasteiger partial charge in [-0.25, -0.2) is 0 Å². The van der Waals surface area contributed by atoms with E-state index in [1.54, 1.807) is 0 Å². The van der Waals surface area contributed by atoms with Gasteiger partial charge < -0.3 is 4.74 Å². The van der Waals surface area contributed by atoms with Crippen LogP contribution in [0.1, 0.15) is 19.3 Å². The Morgan fingerprint density at radius 1 is 1.30 bits per heavy atom. The van der Waals surface area contributed by atoms with E-state index in [9.17, 15) is 0 Å². The van der Waals surface area contributed by atoms with Crippen LogP contribution in [0.2, 0.25) is 0 Å². The van der Waals surface area contributed by atoms with Gasteiger partial charge in [0.15, 0.2) is 0 Å². The average Bonchev–Trinajstić information content (AvgIpc) is 1.97. The largest absolute Gasteiger partial charge is 0.381 e. The molecule has 10 heavy (non-hydrogen) atoms. The van der Waals surface area contributed by atoms with Gasteiger partial charge in [-0.2, -0.15) is 0 Å². The van der Waals surface area contributed by atoms with Gasteiger partial charge in [0, 0.05) is 13.2 Å². The maximum atomic E-state index is 5.30. The van der Waals surface area contributed by atoms with Crippen LogP contribution in [0, 0.1) is 0 Å². The van der Waals surface area contributed by atoms with E-state index in [4.69, 9.17) is 4.74 Å². The van der Waals surface area contributed by atoms with E-state index in [2.05, 4.69) is 15.8 Å². The van der Waals surface area contributed by atoms with Crippen LogP contribution >= 0.6 is 9.24 Å². The zero-order chi connectivity index (χ0) is 7.66. The molecule has 0 aromatic rings. The quantitative estimate of drug-likeness (QED) is 0.315. The fourth-order valence-corrected chi connectivity index (χ4v) is 0.906. The van der Waals surface area contributed by atoms with Crippen molar-refractivity contribution in [2.75, 3.05) is 19.4 Å². The monoisotopic (exact) mass is 160 g/mol. The minimum Gasteiger partial charge on any atom is -0.381 e. The Morgan fingerprint density at radius 3 is 2.70 bits per heavy atom. The lowest BCUT2D eigenvalue weighted by atomic mass is 10.3. The molecule has 0 saturated carbocycles. The van der Waals surface area contributed by atoms with Gasteiger partial charge in [-0.3, -0.25) is 0 Å². The second-order valence-corrected chi connectivity index (χ2v) is 2.76. The van der Waals surface area contributed by atoms with E-state index in [1.165, 1.54) is 19.0 Å². The standard InChI is InChI=1S/C8H17OP/c1-2-3-6-9-7-4-5-8-10/h2H,1,3-8,10H2. The third kappa shape index (κ3) is 8.13. The molecule has 0 aliphatic rings. The highest BCUT2D eigenvalue weighted by atomic mass is 31.0. The summed E-state index contributed by atoms with van der Waals surface area (Å²) in [6.45, 7) is 5.35. The van der Waals surface area contributed by atoms with E-state index >= 15 is 0 Å². The molecule has 0 aromatic carbocycles. The second-order valence-electron chi connectivity index (χ2n) is 2.19. The van der Waals surface area contributed by atoms with Gasteiger partial charge >= 0.3 is 0 Å². The van der Waals surface area contributed by atoms with Crippen LogP contribution in [0.15, 0.2) is 12.7 Å². The summed E-state index contributed by atoms with van der Waals surface area (Å²) in [7, 11) is 2.71. The third-order valence-electron chi connectivity index (χ3n) is 1.21. The maximum Gasteiger partial charge on any atom is 0.0500 e. The molecule has 0 fully saturated rings. The Labute approximate surface area is 66.0 Å². The van der Waals surface area contributed by atoms with Crippen molar-refractivity contribution in [3.05, 3.63) is 12.7 Å². The highest BCUT2D eigenvalue weighted by Crippen LogP contribution is 1.94. The number of hydrogen-bond acceptors (Lipinski definition) is 1. The molecule has 0 heterocycles. The summed E-state index contributed by atoms with van der Waals surface area (Å²) in [4.78, 5) is 0. The predicted molar refractivity (Wildman–Crippen MR) is 49.4 cm³/mol. The molecule has 0 saturated heterocycles. The molecule has 0 aliphatic heterocycles. The van der Waals surface area contributed by atoms with E-state index in [0.717, 1.165) is 19.6 Å². The molecule has 1 atom stereocenters. The molecule has 2 heteroatoms. The van der Waals surface area contributed by atoms with Gasteiger partial charge in [0.25, 0.3) is 0 Å². The molecule has 0 N–H and O–H groups in total. The van der Waals surface area contributed by atoms with Crippen LogP contribution in [-0.2, 0) is 4.74 Å². The van der Waals surface area contributed by atoms with Gasteiger partial charge in [-0.15, -0.1) is 15.8 Å². The normalized spacial score (nSPS) is 9.70. The van der Waals surface area contributed by atoms with Gasteiger partial charge in [0.2, 0.25) is 0 Å². The van der Waals surface area contributed by atoms with Crippen LogP contribution in [-0.4, -0.2) is 19.4 Å². The van der Waals surface area contributed by atoms with Gasteiger partial charge in [0.1, 0.15) is 0 Å². The SMILES string of the molecule is C=CCCOCCCCP. The van der Waals surface area contributed by atoms with Crippen molar-refractivity contribution in [3.8, 4) is 0 Å². The van der Waals surface area contributed by atoms with Gasteiger partial charge in [-0.1, -0.05) is 6.08 Å². The van der Waals surface area contributed by atoms with Gasteiger partial charge in [-0.05, 0) is 25.4 Å². The van der Waals surface area contributed by atoms with Gasteiger partial charge in [0.05, 0.1) is 0 Å². The zero-order valence-corrected chi connectivity index (χ0v) is 7.67. The highest BCUT2D eigenvalue weighted by molar-refractivity contribution is 7.16. The van der Waals surface area contributed by atoms with Crippen molar-refractivity contribution < 1.29 is 4.74 Å². The summed E-state index contributed by atoms with van der Waals surface area (Å²) in [6.07, 6.45) is 6.47. The summed E-state index contributed by atoms with van der Waals surface area (Å²) in [6, 6.07) is 0. The molecule has 0 rings (SSSR count). The lowest BCUT2D eigenvalue weighted by Crippen LogP contribution is -1.95. The molecule has 60 valence electrons. The zero-order valence-electron chi connectivity index (χ0n) is 6.51. The van der Waals surface area contributed by atoms with Crippen LogP contribution in [0.5, 0.6) is 0 Å². The lowest BCUT2D eigenvalue weighted by Gasteiger charge is -1.99. The Morgan fingerprint density at radius 2 is 2.10 bits per heavy atom. The minimum absolute atomic E-state index is 0.834. The van der Waals surface area contributed by atoms with Crippen molar-refractivity contribution in [1.29, 1.82) is 0 Å². The molecule has 0 amide bonds. The lowest BCUT2D eigenvalue weighted by molar-refractivity contribution is 0.136. The average molecular weight is 160 g/mol.